The van der Waals surface area contributed by atoms with Gasteiger partial charge < -0.3 is 5.32 Å². The number of thiazole rings is 1. The van der Waals surface area contributed by atoms with E-state index in [0.717, 1.165) is 6.54 Å². The summed E-state index contributed by atoms with van der Waals surface area (Å²) in [6, 6.07) is 0.638. The summed E-state index contributed by atoms with van der Waals surface area (Å²) >= 11 is 1.80. The van der Waals surface area contributed by atoms with Crippen LogP contribution < -0.4 is 5.32 Å². The van der Waals surface area contributed by atoms with Crippen molar-refractivity contribution in [2.75, 3.05) is 0 Å². The lowest BCUT2D eigenvalue weighted by Crippen LogP contribution is -2.26. The van der Waals surface area contributed by atoms with Crippen molar-refractivity contribution in [3.05, 3.63) is 15.6 Å². The van der Waals surface area contributed by atoms with Gasteiger partial charge in [-0.15, -0.1) is 11.3 Å². The second-order valence-electron chi connectivity index (χ2n) is 3.64. The zero-order chi connectivity index (χ0) is 10.6. The fourth-order valence-corrected chi connectivity index (χ4v) is 2.31. The van der Waals surface area contributed by atoms with Crippen LogP contribution in [0.4, 0.5) is 0 Å². The van der Waals surface area contributed by atoms with Gasteiger partial charge in [-0.2, -0.15) is 0 Å². The van der Waals surface area contributed by atoms with Gasteiger partial charge in [-0.25, -0.2) is 4.98 Å². The summed E-state index contributed by atoms with van der Waals surface area (Å²) in [5.74, 6) is 0. The lowest BCUT2D eigenvalue weighted by molar-refractivity contribution is 0.483. The highest BCUT2D eigenvalue weighted by Gasteiger charge is 2.06. The van der Waals surface area contributed by atoms with Crippen molar-refractivity contribution in [2.24, 2.45) is 0 Å². The van der Waals surface area contributed by atoms with Gasteiger partial charge in [0.1, 0.15) is 5.01 Å². The van der Waals surface area contributed by atoms with Crippen molar-refractivity contribution in [1.82, 2.24) is 10.3 Å². The maximum Gasteiger partial charge on any atom is 0.107 e. The van der Waals surface area contributed by atoms with Gasteiger partial charge in [-0.3, -0.25) is 0 Å². The summed E-state index contributed by atoms with van der Waals surface area (Å²) in [7, 11) is 0. The normalized spacial score (nSPS) is 11.2. The van der Waals surface area contributed by atoms with Gasteiger partial charge in [0.25, 0.3) is 0 Å². The lowest BCUT2D eigenvalue weighted by Gasteiger charge is -2.12. The first-order chi connectivity index (χ1) is 6.67. The highest BCUT2D eigenvalue weighted by Crippen LogP contribution is 2.16. The van der Waals surface area contributed by atoms with E-state index >= 15 is 0 Å². The summed E-state index contributed by atoms with van der Waals surface area (Å²) in [5, 5.41) is 4.74. The quantitative estimate of drug-likeness (QED) is 0.811. The van der Waals surface area contributed by atoms with E-state index in [2.05, 4.69) is 38.0 Å². The molecule has 1 aromatic heterocycles. The minimum absolute atomic E-state index is 0.638. The molecule has 1 heterocycles. The molecular formula is C11H20N2S. The molecule has 2 nitrogen and oxygen atoms in total. The van der Waals surface area contributed by atoms with Crippen molar-refractivity contribution in [3.63, 3.8) is 0 Å². The van der Waals surface area contributed by atoms with Gasteiger partial charge in [0.2, 0.25) is 0 Å². The second-order valence-corrected chi connectivity index (χ2v) is 4.93. The van der Waals surface area contributed by atoms with E-state index < -0.39 is 0 Å². The standard InChI is InChI=1S/C11H20N2S/c1-5-10(6-2)12-7-11-13-8(3)9(4)14-11/h10,12H,5-7H2,1-4H3. The number of aryl methyl sites for hydroxylation is 2. The van der Waals surface area contributed by atoms with Crippen LogP contribution in [0.3, 0.4) is 0 Å². The Hall–Kier alpha value is -0.410. The molecule has 0 radical (unpaired) electrons. The van der Waals surface area contributed by atoms with E-state index in [1.54, 1.807) is 11.3 Å². The predicted octanol–water partition coefficient (Wildman–Crippen LogP) is 3.04. The number of rotatable bonds is 5. The first-order valence-electron chi connectivity index (χ1n) is 5.33. The smallest absolute Gasteiger partial charge is 0.107 e. The Balaban J connectivity index is 2.45. The third-order valence-electron chi connectivity index (χ3n) is 2.60. The summed E-state index contributed by atoms with van der Waals surface area (Å²) < 4.78 is 0. The first-order valence-corrected chi connectivity index (χ1v) is 6.15. The van der Waals surface area contributed by atoms with E-state index in [4.69, 9.17) is 0 Å². The van der Waals surface area contributed by atoms with Crippen molar-refractivity contribution < 1.29 is 0 Å². The van der Waals surface area contributed by atoms with E-state index in [9.17, 15) is 0 Å². The molecule has 1 N–H and O–H groups in total. The predicted molar refractivity (Wildman–Crippen MR) is 62.8 cm³/mol. The average molecular weight is 212 g/mol. The number of hydrogen-bond acceptors (Lipinski definition) is 3. The van der Waals surface area contributed by atoms with Crippen molar-refractivity contribution in [3.8, 4) is 0 Å². The summed E-state index contributed by atoms with van der Waals surface area (Å²) in [6.45, 7) is 9.57. The monoisotopic (exact) mass is 212 g/mol. The van der Waals surface area contributed by atoms with Crippen LogP contribution in [0.1, 0.15) is 42.3 Å². The zero-order valence-electron chi connectivity index (χ0n) is 9.55. The molecule has 1 rings (SSSR count). The molecule has 0 saturated carbocycles. The Labute approximate surface area is 90.8 Å². The van der Waals surface area contributed by atoms with Crippen LogP contribution in [0, 0.1) is 13.8 Å². The summed E-state index contributed by atoms with van der Waals surface area (Å²) in [5.41, 5.74) is 1.18. The average Bonchev–Trinajstić information content (AvgIpc) is 2.48. The molecular weight excluding hydrogens is 192 g/mol. The van der Waals surface area contributed by atoms with Gasteiger partial charge in [0, 0.05) is 17.5 Å². The molecule has 14 heavy (non-hydrogen) atoms. The van der Waals surface area contributed by atoms with Crippen molar-refractivity contribution in [1.29, 1.82) is 0 Å². The molecule has 0 aliphatic carbocycles. The summed E-state index contributed by atoms with van der Waals surface area (Å²) in [6.07, 6.45) is 2.39. The number of nitrogens with zero attached hydrogens (tertiary/aromatic N) is 1. The van der Waals surface area contributed by atoms with Crippen LogP contribution in [-0.4, -0.2) is 11.0 Å². The van der Waals surface area contributed by atoms with E-state index in [1.807, 2.05) is 0 Å². The molecule has 0 aromatic carbocycles. The molecule has 0 atom stereocenters. The molecule has 0 spiro atoms. The number of aromatic nitrogens is 1. The van der Waals surface area contributed by atoms with E-state index in [0.29, 0.717) is 6.04 Å². The fraction of sp³-hybridized carbons (Fsp3) is 0.727. The maximum absolute atomic E-state index is 4.51. The minimum atomic E-state index is 0.638. The zero-order valence-corrected chi connectivity index (χ0v) is 10.4. The molecule has 0 saturated heterocycles. The maximum atomic E-state index is 4.51. The van der Waals surface area contributed by atoms with Gasteiger partial charge in [-0.1, -0.05) is 13.8 Å². The SMILES string of the molecule is CCC(CC)NCc1nc(C)c(C)s1. The molecule has 0 bridgehead atoms. The molecule has 80 valence electrons. The Morgan fingerprint density at radius 1 is 1.29 bits per heavy atom. The lowest BCUT2D eigenvalue weighted by atomic mass is 10.2. The Kier molecular flexibility index (Phi) is 4.55. The first kappa shape index (κ1) is 11.7. The third kappa shape index (κ3) is 3.07. The van der Waals surface area contributed by atoms with Crippen molar-refractivity contribution in [2.45, 2.75) is 53.1 Å². The van der Waals surface area contributed by atoms with Crippen molar-refractivity contribution >= 4 is 11.3 Å². The van der Waals surface area contributed by atoms with E-state index in [1.165, 1.54) is 28.4 Å². The van der Waals surface area contributed by atoms with Gasteiger partial charge >= 0.3 is 0 Å². The molecule has 0 aliphatic heterocycles. The molecule has 0 unspecified atom stereocenters. The van der Waals surface area contributed by atoms with Crippen LogP contribution in [0.25, 0.3) is 0 Å². The second kappa shape index (κ2) is 5.47. The highest BCUT2D eigenvalue weighted by molar-refractivity contribution is 7.11. The minimum Gasteiger partial charge on any atom is -0.308 e. The number of nitrogens with one attached hydrogen (secondary N) is 1. The van der Waals surface area contributed by atoms with Crippen LogP contribution in [0.5, 0.6) is 0 Å². The largest absolute Gasteiger partial charge is 0.308 e. The van der Waals surface area contributed by atoms with Crippen LogP contribution in [0.2, 0.25) is 0 Å². The Bertz CT molecular complexity index is 257. The molecule has 3 heteroatoms. The Morgan fingerprint density at radius 3 is 2.36 bits per heavy atom. The van der Waals surface area contributed by atoms with Crippen LogP contribution >= 0.6 is 11.3 Å². The molecule has 0 aliphatic rings. The van der Waals surface area contributed by atoms with Gasteiger partial charge in [0.05, 0.1) is 5.69 Å². The van der Waals surface area contributed by atoms with E-state index in [-0.39, 0.29) is 0 Å². The Morgan fingerprint density at radius 2 is 1.93 bits per heavy atom. The summed E-state index contributed by atoms with van der Waals surface area (Å²) in [4.78, 5) is 5.85. The highest BCUT2D eigenvalue weighted by atomic mass is 32.1. The van der Waals surface area contributed by atoms with Crippen LogP contribution in [0.15, 0.2) is 0 Å². The molecule has 1 aromatic rings. The molecule has 0 fully saturated rings. The number of hydrogen-bond donors (Lipinski definition) is 1. The van der Waals surface area contributed by atoms with Gasteiger partial charge in [-0.05, 0) is 26.7 Å². The topological polar surface area (TPSA) is 24.9 Å². The van der Waals surface area contributed by atoms with Gasteiger partial charge in [0.15, 0.2) is 0 Å². The third-order valence-corrected chi connectivity index (χ3v) is 3.67. The van der Waals surface area contributed by atoms with Crippen LogP contribution in [-0.2, 0) is 6.54 Å². The molecule has 0 amide bonds. The fourth-order valence-electron chi connectivity index (χ4n) is 1.42.